The van der Waals surface area contributed by atoms with Crippen LogP contribution in [0.2, 0.25) is 0 Å². The molecule has 3 saturated heterocycles. The van der Waals surface area contributed by atoms with Crippen molar-refractivity contribution in [3.63, 3.8) is 0 Å². The van der Waals surface area contributed by atoms with E-state index in [2.05, 4.69) is 23.6 Å². The number of ether oxygens (including phenoxy) is 1. The zero-order valence-corrected chi connectivity index (χ0v) is 12.0. The molecule has 0 bridgehead atoms. The Labute approximate surface area is 111 Å². The maximum absolute atomic E-state index is 5.84. The Morgan fingerprint density at radius 2 is 1.94 bits per heavy atom. The summed E-state index contributed by atoms with van der Waals surface area (Å²) in [6, 6.07) is 0.811. The van der Waals surface area contributed by atoms with Gasteiger partial charge in [-0.2, -0.15) is 0 Å². The summed E-state index contributed by atoms with van der Waals surface area (Å²) in [5, 5.41) is 0. The molecule has 104 valence electrons. The van der Waals surface area contributed by atoms with Crippen LogP contribution in [-0.2, 0) is 4.74 Å². The van der Waals surface area contributed by atoms with Gasteiger partial charge < -0.3 is 4.74 Å². The van der Waals surface area contributed by atoms with Gasteiger partial charge in [0.1, 0.15) is 0 Å². The summed E-state index contributed by atoms with van der Waals surface area (Å²) in [5.74, 6) is 0. The van der Waals surface area contributed by atoms with Crippen molar-refractivity contribution in [2.75, 3.05) is 32.8 Å². The van der Waals surface area contributed by atoms with Crippen LogP contribution in [-0.4, -0.2) is 60.3 Å². The highest BCUT2D eigenvalue weighted by atomic mass is 16.5. The lowest BCUT2D eigenvalue weighted by Crippen LogP contribution is -2.54. The maximum Gasteiger partial charge on any atom is 0.0728 e. The van der Waals surface area contributed by atoms with Gasteiger partial charge in [-0.1, -0.05) is 6.42 Å². The Bertz CT molecular complexity index is 296. The first-order chi connectivity index (χ1) is 8.70. The van der Waals surface area contributed by atoms with Gasteiger partial charge in [-0.25, -0.2) is 0 Å². The molecule has 0 saturated carbocycles. The number of nitrogens with zero attached hydrogens (tertiary/aromatic N) is 2. The maximum atomic E-state index is 5.84. The number of hydrogen-bond acceptors (Lipinski definition) is 3. The smallest absolute Gasteiger partial charge is 0.0728 e. The van der Waals surface area contributed by atoms with Gasteiger partial charge in [0.25, 0.3) is 0 Å². The summed E-state index contributed by atoms with van der Waals surface area (Å²) in [7, 11) is 0. The predicted molar refractivity (Wildman–Crippen MR) is 73.8 cm³/mol. The standard InChI is InChI=1S/C15H28N2O/c1-13-15(2,7-11-18-13)17-10-5-9-16-8-4-3-6-14(16)12-17/h13-14H,3-12H2,1-2H3. The van der Waals surface area contributed by atoms with Crippen molar-refractivity contribution in [2.45, 2.75) is 63.6 Å². The monoisotopic (exact) mass is 252 g/mol. The van der Waals surface area contributed by atoms with E-state index in [0.717, 1.165) is 12.6 Å². The molecule has 3 rings (SSSR count). The highest BCUT2D eigenvalue weighted by molar-refractivity contribution is 4.98. The highest BCUT2D eigenvalue weighted by Crippen LogP contribution is 2.34. The first-order valence-corrected chi connectivity index (χ1v) is 7.81. The van der Waals surface area contributed by atoms with E-state index >= 15 is 0 Å². The third-order valence-corrected chi connectivity index (χ3v) is 5.63. The molecule has 3 heterocycles. The lowest BCUT2D eigenvalue weighted by atomic mass is 9.91. The van der Waals surface area contributed by atoms with Crippen molar-refractivity contribution < 1.29 is 4.74 Å². The Kier molecular flexibility index (Phi) is 3.65. The van der Waals surface area contributed by atoms with Gasteiger partial charge in [-0.3, -0.25) is 9.80 Å². The lowest BCUT2D eigenvalue weighted by Gasteiger charge is -2.43. The van der Waals surface area contributed by atoms with Gasteiger partial charge in [0.15, 0.2) is 0 Å². The first kappa shape index (κ1) is 12.9. The molecule has 3 atom stereocenters. The van der Waals surface area contributed by atoms with E-state index in [9.17, 15) is 0 Å². The highest BCUT2D eigenvalue weighted by Gasteiger charge is 2.43. The Morgan fingerprint density at radius 1 is 1.11 bits per heavy atom. The number of rotatable bonds is 1. The molecule has 3 aliphatic rings. The fraction of sp³-hybridized carbons (Fsp3) is 1.00. The average Bonchev–Trinajstić information content (AvgIpc) is 2.62. The molecule has 0 aromatic carbocycles. The molecule has 18 heavy (non-hydrogen) atoms. The molecule has 0 aliphatic carbocycles. The summed E-state index contributed by atoms with van der Waals surface area (Å²) >= 11 is 0. The SMILES string of the molecule is CC1OCCC1(C)N1CCCN2CCCCC2C1. The summed E-state index contributed by atoms with van der Waals surface area (Å²) < 4.78 is 5.84. The van der Waals surface area contributed by atoms with Crippen LogP contribution in [0.3, 0.4) is 0 Å². The van der Waals surface area contributed by atoms with Crippen molar-refractivity contribution in [1.82, 2.24) is 9.80 Å². The fourth-order valence-electron chi connectivity index (χ4n) is 4.08. The van der Waals surface area contributed by atoms with E-state index in [1.165, 1.54) is 58.3 Å². The molecule has 0 N–H and O–H groups in total. The first-order valence-electron chi connectivity index (χ1n) is 7.81. The summed E-state index contributed by atoms with van der Waals surface area (Å²) in [6.07, 6.45) is 7.18. The van der Waals surface area contributed by atoms with Crippen molar-refractivity contribution in [1.29, 1.82) is 0 Å². The molecule has 3 heteroatoms. The quantitative estimate of drug-likeness (QED) is 0.711. The molecular formula is C15H28N2O. The van der Waals surface area contributed by atoms with Gasteiger partial charge >= 0.3 is 0 Å². The third kappa shape index (κ3) is 2.21. The van der Waals surface area contributed by atoms with Crippen LogP contribution in [0.1, 0.15) is 46.0 Å². The van der Waals surface area contributed by atoms with Gasteiger partial charge in [-0.05, 0) is 52.6 Å². The molecule has 3 nitrogen and oxygen atoms in total. The summed E-state index contributed by atoms with van der Waals surface area (Å²) in [4.78, 5) is 5.49. The second kappa shape index (κ2) is 5.10. The Balaban J connectivity index is 1.73. The molecule has 0 aromatic rings. The third-order valence-electron chi connectivity index (χ3n) is 5.63. The van der Waals surface area contributed by atoms with Crippen molar-refractivity contribution >= 4 is 0 Å². The van der Waals surface area contributed by atoms with E-state index in [1.54, 1.807) is 0 Å². The Hall–Kier alpha value is -0.120. The van der Waals surface area contributed by atoms with Crippen molar-refractivity contribution in [3.8, 4) is 0 Å². The largest absolute Gasteiger partial charge is 0.377 e. The molecular weight excluding hydrogens is 224 g/mol. The molecule has 3 fully saturated rings. The molecule has 0 amide bonds. The van der Waals surface area contributed by atoms with E-state index < -0.39 is 0 Å². The summed E-state index contributed by atoms with van der Waals surface area (Å²) in [5.41, 5.74) is 0.285. The second-order valence-corrected chi connectivity index (χ2v) is 6.61. The minimum atomic E-state index is 0.285. The molecule has 0 aromatic heterocycles. The van der Waals surface area contributed by atoms with Crippen LogP contribution in [0.25, 0.3) is 0 Å². The average molecular weight is 252 g/mol. The molecule has 3 unspecified atom stereocenters. The minimum Gasteiger partial charge on any atom is -0.377 e. The van der Waals surface area contributed by atoms with E-state index in [0.29, 0.717) is 6.10 Å². The zero-order valence-electron chi connectivity index (χ0n) is 12.0. The van der Waals surface area contributed by atoms with Crippen LogP contribution in [0.15, 0.2) is 0 Å². The van der Waals surface area contributed by atoms with Gasteiger partial charge in [0.2, 0.25) is 0 Å². The lowest BCUT2D eigenvalue weighted by molar-refractivity contribution is 0.0119. The number of piperidine rings is 1. The van der Waals surface area contributed by atoms with Crippen LogP contribution in [0.4, 0.5) is 0 Å². The summed E-state index contributed by atoms with van der Waals surface area (Å²) in [6.45, 7) is 10.8. The number of fused-ring (bicyclic) bond motifs is 1. The minimum absolute atomic E-state index is 0.285. The predicted octanol–water partition coefficient (Wildman–Crippen LogP) is 2.11. The fourth-order valence-corrected chi connectivity index (χ4v) is 4.08. The molecule has 0 spiro atoms. The number of hydrogen-bond donors (Lipinski definition) is 0. The van der Waals surface area contributed by atoms with E-state index in [-0.39, 0.29) is 5.54 Å². The normalized spacial score (nSPS) is 43.7. The van der Waals surface area contributed by atoms with E-state index in [4.69, 9.17) is 4.74 Å². The van der Waals surface area contributed by atoms with Crippen LogP contribution < -0.4 is 0 Å². The van der Waals surface area contributed by atoms with Crippen molar-refractivity contribution in [2.24, 2.45) is 0 Å². The molecule has 0 radical (unpaired) electrons. The van der Waals surface area contributed by atoms with Gasteiger partial charge in [0.05, 0.1) is 6.10 Å². The van der Waals surface area contributed by atoms with Crippen molar-refractivity contribution in [3.05, 3.63) is 0 Å². The van der Waals surface area contributed by atoms with Gasteiger partial charge in [-0.15, -0.1) is 0 Å². The van der Waals surface area contributed by atoms with Crippen LogP contribution in [0, 0.1) is 0 Å². The van der Waals surface area contributed by atoms with E-state index in [1.807, 2.05) is 0 Å². The van der Waals surface area contributed by atoms with Crippen LogP contribution in [0.5, 0.6) is 0 Å². The van der Waals surface area contributed by atoms with Gasteiger partial charge in [0, 0.05) is 31.3 Å². The Morgan fingerprint density at radius 3 is 2.72 bits per heavy atom. The topological polar surface area (TPSA) is 15.7 Å². The van der Waals surface area contributed by atoms with Crippen LogP contribution >= 0.6 is 0 Å². The molecule has 3 aliphatic heterocycles. The second-order valence-electron chi connectivity index (χ2n) is 6.61. The zero-order chi connectivity index (χ0) is 12.6.